The Morgan fingerprint density at radius 3 is 2.33 bits per heavy atom. The average Bonchev–Trinajstić information content (AvgIpc) is 2.75. The number of nitrogens with zero attached hydrogens (tertiary/aromatic N) is 4. The van der Waals surface area contributed by atoms with Gasteiger partial charge in [-0.1, -0.05) is 26.0 Å². The highest BCUT2D eigenvalue weighted by Gasteiger charge is 2.23. The Labute approximate surface area is 198 Å². The summed E-state index contributed by atoms with van der Waals surface area (Å²) < 4.78 is 5.43. The van der Waals surface area contributed by atoms with Crippen LogP contribution in [0.25, 0.3) is 0 Å². The molecule has 1 N–H and O–H groups in total. The summed E-state index contributed by atoms with van der Waals surface area (Å²) >= 11 is 0. The second kappa shape index (κ2) is 13.7. The Morgan fingerprint density at radius 2 is 1.80 bits per heavy atom. The SMILES string of the molecule is CCNC(=NCC(c1cccc(OC)c1)N(CC)CC)N1CCN(C(C)=O)CC1.I. The molecule has 8 heteroatoms. The molecule has 2 rings (SSSR count). The zero-order chi connectivity index (χ0) is 21.2. The average molecular weight is 531 g/mol. The number of halogens is 1. The van der Waals surface area contributed by atoms with Gasteiger partial charge in [-0.15, -0.1) is 24.0 Å². The van der Waals surface area contributed by atoms with Crippen molar-refractivity contribution in [2.45, 2.75) is 33.7 Å². The van der Waals surface area contributed by atoms with Crippen LogP contribution in [-0.4, -0.2) is 86.0 Å². The van der Waals surface area contributed by atoms with Crippen LogP contribution in [0.15, 0.2) is 29.3 Å². The highest BCUT2D eigenvalue weighted by Crippen LogP contribution is 2.24. The molecule has 0 spiro atoms. The van der Waals surface area contributed by atoms with Gasteiger partial charge in [-0.05, 0) is 37.7 Å². The smallest absolute Gasteiger partial charge is 0.219 e. The van der Waals surface area contributed by atoms with Gasteiger partial charge in [0.2, 0.25) is 5.91 Å². The van der Waals surface area contributed by atoms with Gasteiger partial charge in [0.1, 0.15) is 5.75 Å². The third kappa shape index (κ3) is 7.30. The minimum absolute atomic E-state index is 0. The van der Waals surface area contributed by atoms with E-state index in [1.165, 1.54) is 5.56 Å². The summed E-state index contributed by atoms with van der Waals surface area (Å²) in [5, 5.41) is 3.43. The van der Waals surface area contributed by atoms with Crippen LogP contribution in [0, 0.1) is 0 Å². The van der Waals surface area contributed by atoms with Crippen molar-refractivity contribution in [3.8, 4) is 5.75 Å². The Hall–Kier alpha value is -1.55. The molecule has 1 saturated heterocycles. The Bertz CT molecular complexity index is 673. The maximum atomic E-state index is 11.6. The summed E-state index contributed by atoms with van der Waals surface area (Å²) in [4.78, 5) is 23.2. The second-order valence-corrected chi connectivity index (χ2v) is 7.20. The molecule has 1 aliphatic rings. The molecule has 0 radical (unpaired) electrons. The fraction of sp³-hybridized carbons (Fsp3) is 0.636. The topological polar surface area (TPSA) is 60.4 Å². The van der Waals surface area contributed by atoms with E-state index in [4.69, 9.17) is 9.73 Å². The molecule has 1 aliphatic heterocycles. The highest BCUT2D eigenvalue weighted by atomic mass is 127. The minimum atomic E-state index is 0. The number of carbonyl (C=O) groups is 1. The molecule has 1 aromatic carbocycles. The monoisotopic (exact) mass is 531 g/mol. The van der Waals surface area contributed by atoms with Gasteiger partial charge in [0, 0.05) is 39.6 Å². The number of likely N-dealkylation sites (N-methyl/N-ethyl adjacent to an activating group) is 1. The summed E-state index contributed by atoms with van der Waals surface area (Å²) in [5.74, 6) is 1.94. The molecule has 1 atom stereocenters. The normalized spacial score (nSPS) is 15.6. The van der Waals surface area contributed by atoms with Crippen molar-refractivity contribution in [3.05, 3.63) is 29.8 Å². The largest absolute Gasteiger partial charge is 0.497 e. The molecule has 0 aromatic heterocycles. The van der Waals surface area contributed by atoms with E-state index in [0.717, 1.165) is 57.5 Å². The van der Waals surface area contributed by atoms with E-state index >= 15 is 0 Å². The van der Waals surface area contributed by atoms with E-state index in [1.807, 2.05) is 17.0 Å². The Balaban J connectivity index is 0.00000450. The Morgan fingerprint density at radius 1 is 1.17 bits per heavy atom. The van der Waals surface area contributed by atoms with E-state index in [2.05, 4.69) is 48.0 Å². The molecule has 1 unspecified atom stereocenters. The van der Waals surface area contributed by atoms with Crippen molar-refractivity contribution >= 4 is 35.8 Å². The van der Waals surface area contributed by atoms with Gasteiger partial charge in [0.25, 0.3) is 0 Å². The van der Waals surface area contributed by atoms with E-state index in [0.29, 0.717) is 6.54 Å². The number of amides is 1. The molecule has 170 valence electrons. The van der Waals surface area contributed by atoms with Crippen LogP contribution in [0.3, 0.4) is 0 Å². The van der Waals surface area contributed by atoms with Crippen molar-refractivity contribution in [3.63, 3.8) is 0 Å². The highest BCUT2D eigenvalue weighted by molar-refractivity contribution is 14.0. The van der Waals surface area contributed by atoms with E-state index in [-0.39, 0.29) is 35.9 Å². The van der Waals surface area contributed by atoms with Gasteiger partial charge in [0.05, 0.1) is 19.7 Å². The summed E-state index contributed by atoms with van der Waals surface area (Å²) in [5.41, 5.74) is 1.22. The fourth-order valence-electron chi connectivity index (χ4n) is 3.78. The van der Waals surface area contributed by atoms with E-state index in [9.17, 15) is 4.79 Å². The number of hydrogen-bond acceptors (Lipinski definition) is 4. The molecule has 1 aromatic rings. The lowest BCUT2D eigenvalue weighted by atomic mass is 10.0. The maximum Gasteiger partial charge on any atom is 0.219 e. The van der Waals surface area contributed by atoms with Gasteiger partial charge in [-0.2, -0.15) is 0 Å². The number of rotatable bonds is 8. The van der Waals surface area contributed by atoms with Gasteiger partial charge < -0.3 is 19.9 Å². The van der Waals surface area contributed by atoms with Crippen molar-refractivity contribution in [1.82, 2.24) is 20.0 Å². The predicted octanol–water partition coefficient (Wildman–Crippen LogP) is 2.83. The first kappa shape index (κ1) is 26.5. The van der Waals surface area contributed by atoms with Crippen LogP contribution < -0.4 is 10.1 Å². The molecule has 0 aliphatic carbocycles. The number of benzene rings is 1. The number of guanidine groups is 1. The molecule has 7 nitrogen and oxygen atoms in total. The minimum Gasteiger partial charge on any atom is -0.497 e. The number of hydrogen-bond donors (Lipinski definition) is 1. The lowest BCUT2D eigenvalue weighted by Crippen LogP contribution is -2.53. The molecule has 1 heterocycles. The van der Waals surface area contributed by atoms with E-state index < -0.39 is 0 Å². The second-order valence-electron chi connectivity index (χ2n) is 7.20. The Kier molecular flexibility index (Phi) is 12.1. The first-order valence-electron chi connectivity index (χ1n) is 10.7. The van der Waals surface area contributed by atoms with Gasteiger partial charge in [0.15, 0.2) is 5.96 Å². The summed E-state index contributed by atoms with van der Waals surface area (Å²) in [7, 11) is 1.70. The number of aliphatic imine (C=N–C) groups is 1. The number of nitrogens with one attached hydrogen (secondary N) is 1. The first-order valence-corrected chi connectivity index (χ1v) is 10.7. The molecule has 30 heavy (non-hydrogen) atoms. The maximum absolute atomic E-state index is 11.6. The fourth-order valence-corrected chi connectivity index (χ4v) is 3.78. The van der Waals surface area contributed by atoms with Crippen molar-refractivity contribution < 1.29 is 9.53 Å². The zero-order valence-corrected chi connectivity index (χ0v) is 21.4. The molecule has 1 fully saturated rings. The van der Waals surface area contributed by atoms with Crippen molar-refractivity contribution in [2.75, 3.05) is 59.5 Å². The lowest BCUT2D eigenvalue weighted by molar-refractivity contribution is -0.130. The molecule has 1 amide bonds. The van der Waals surface area contributed by atoms with Crippen molar-refractivity contribution in [2.24, 2.45) is 4.99 Å². The third-order valence-corrected chi connectivity index (χ3v) is 5.51. The standard InChI is InChI=1S/C22H37N5O2.HI/c1-6-23-22(27-14-12-26(13-15-27)18(4)28)24-17-21(25(7-2)8-3)19-10-9-11-20(16-19)29-5;/h9-11,16,21H,6-8,12-15,17H2,1-5H3,(H,23,24);1H. The van der Waals surface area contributed by atoms with Crippen LogP contribution in [0.1, 0.15) is 39.3 Å². The van der Waals surface area contributed by atoms with Gasteiger partial charge in [-0.25, -0.2) is 0 Å². The number of methoxy groups -OCH3 is 1. The summed E-state index contributed by atoms with van der Waals surface area (Å²) in [6.45, 7) is 14.6. The molecular formula is C22H38IN5O2. The molecular weight excluding hydrogens is 493 g/mol. The first-order chi connectivity index (χ1) is 14.0. The van der Waals surface area contributed by atoms with Gasteiger partial charge in [-0.3, -0.25) is 14.7 Å². The lowest BCUT2D eigenvalue weighted by Gasteiger charge is -2.36. The van der Waals surface area contributed by atoms with Crippen LogP contribution in [0.5, 0.6) is 5.75 Å². The van der Waals surface area contributed by atoms with Crippen molar-refractivity contribution in [1.29, 1.82) is 0 Å². The number of ether oxygens (including phenoxy) is 1. The predicted molar refractivity (Wildman–Crippen MR) is 134 cm³/mol. The van der Waals surface area contributed by atoms with Crippen LogP contribution in [0.2, 0.25) is 0 Å². The quantitative estimate of drug-likeness (QED) is 0.318. The van der Waals surface area contributed by atoms with Crippen LogP contribution in [0.4, 0.5) is 0 Å². The zero-order valence-electron chi connectivity index (χ0n) is 19.1. The summed E-state index contributed by atoms with van der Waals surface area (Å²) in [6, 6.07) is 8.47. The van der Waals surface area contributed by atoms with Crippen LogP contribution >= 0.6 is 24.0 Å². The number of carbonyl (C=O) groups excluding carboxylic acids is 1. The summed E-state index contributed by atoms with van der Waals surface area (Å²) in [6.07, 6.45) is 0. The number of piperazine rings is 1. The van der Waals surface area contributed by atoms with E-state index in [1.54, 1.807) is 14.0 Å². The van der Waals surface area contributed by atoms with Gasteiger partial charge >= 0.3 is 0 Å². The molecule has 0 bridgehead atoms. The third-order valence-electron chi connectivity index (χ3n) is 5.51. The molecule has 0 saturated carbocycles. The van der Waals surface area contributed by atoms with Crippen LogP contribution in [-0.2, 0) is 4.79 Å².